The highest BCUT2D eigenvalue weighted by molar-refractivity contribution is 5.61. The average Bonchev–Trinajstić information content (AvgIpc) is 3.14. The Labute approximate surface area is 147 Å². The molecule has 1 heterocycles. The summed E-state index contributed by atoms with van der Waals surface area (Å²) in [5, 5.41) is 7.58. The maximum atomic E-state index is 6.07. The Balaban J connectivity index is 1.91. The first kappa shape index (κ1) is 17.0. The van der Waals surface area contributed by atoms with E-state index < -0.39 is 0 Å². The Bertz CT molecular complexity index is 812. The van der Waals surface area contributed by atoms with Gasteiger partial charge in [0.25, 0.3) is 0 Å². The Morgan fingerprint density at radius 3 is 2.56 bits per heavy atom. The maximum Gasteiger partial charge on any atom is 0.123 e. The molecule has 3 aromatic rings. The number of aromatic amines is 1. The largest absolute Gasteiger partial charge is 0.497 e. The van der Waals surface area contributed by atoms with Crippen LogP contribution in [0.3, 0.4) is 0 Å². The molecule has 5 nitrogen and oxygen atoms in total. The molecule has 0 saturated heterocycles. The number of nitrogens with zero attached hydrogens (tertiary/aromatic N) is 1. The fourth-order valence-electron chi connectivity index (χ4n) is 2.90. The van der Waals surface area contributed by atoms with Crippen LogP contribution in [0.25, 0.3) is 11.3 Å². The number of nitrogens with two attached hydrogens (primary N) is 1. The molecule has 25 heavy (non-hydrogen) atoms. The Hall–Kier alpha value is -2.79. The van der Waals surface area contributed by atoms with Crippen LogP contribution in [0.4, 0.5) is 0 Å². The van der Waals surface area contributed by atoms with Crippen LogP contribution in [0.5, 0.6) is 11.5 Å². The van der Waals surface area contributed by atoms with E-state index in [2.05, 4.69) is 16.3 Å². The molecule has 1 atom stereocenters. The summed E-state index contributed by atoms with van der Waals surface area (Å²) in [6.45, 7) is 3.06. The summed E-state index contributed by atoms with van der Waals surface area (Å²) < 4.78 is 11.0. The zero-order valence-electron chi connectivity index (χ0n) is 14.5. The number of H-pyrrole nitrogens is 1. The van der Waals surface area contributed by atoms with Crippen LogP contribution in [0.2, 0.25) is 0 Å². The van der Waals surface area contributed by atoms with Gasteiger partial charge in [0.1, 0.15) is 11.5 Å². The molecule has 0 bridgehead atoms. The zero-order chi connectivity index (χ0) is 17.6. The summed E-state index contributed by atoms with van der Waals surface area (Å²) in [6.07, 6.45) is 0. The van der Waals surface area contributed by atoms with Crippen LogP contribution in [0.1, 0.15) is 24.1 Å². The molecule has 3 rings (SSSR count). The van der Waals surface area contributed by atoms with Gasteiger partial charge in [-0.05, 0) is 43.3 Å². The second-order valence-corrected chi connectivity index (χ2v) is 5.70. The Morgan fingerprint density at radius 1 is 1.12 bits per heavy atom. The van der Waals surface area contributed by atoms with Gasteiger partial charge in [-0.3, -0.25) is 5.10 Å². The quantitative estimate of drug-likeness (QED) is 0.691. The number of nitrogens with one attached hydrogen (secondary N) is 1. The number of ether oxygens (including phenoxy) is 2. The lowest BCUT2D eigenvalue weighted by molar-refractivity contribution is 0.335. The van der Waals surface area contributed by atoms with Crippen molar-refractivity contribution in [2.75, 3.05) is 20.3 Å². The summed E-state index contributed by atoms with van der Waals surface area (Å²) in [5.41, 5.74) is 10.0. The minimum absolute atomic E-state index is 0.00208. The number of rotatable bonds is 7. The third-order valence-corrected chi connectivity index (χ3v) is 4.19. The molecule has 0 aliphatic rings. The number of para-hydroxylation sites is 1. The van der Waals surface area contributed by atoms with Gasteiger partial charge in [-0.2, -0.15) is 5.10 Å². The molecule has 3 N–H and O–H groups in total. The molecule has 2 aromatic carbocycles. The minimum atomic E-state index is 0.00208. The number of hydrogen-bond acceptors (Lipinski definition) is 4. The van der Waals surface area contributed by atoms with Crippen molar-refractivity contribution in [3.63, 3.8) is 0 Å². The molecule has 0 radical (unpaired) electrons. The van der Waals surface area contributed by atoms with E-state index >= 15 is 0 Å². The van der Waals surface area contributed by atoms with E-state index in [0.29, 0.717) is 13.2 Å². The molecule has 1 unspecified atom stereocenters. The van der Waals surface area contributed by atoms with Gasteiger partial charge in [-0.15, -0.1) is 0 Å². The smallest absolute Gasteiger partial charge is 0.123 e. The molecule has 0 aliphatic heterocycles. The van der Waals surface area contributed by atoms with Crippen LogP contribution in [-0.2, 0) is 0 Å². The van der Waals surface area contributed by atoms with Crippen molar-refractivity contribution in [2.24, 2.45) is 5.73 Å². The zero-order valence-corrected chi connectivity index (χ0v) is 14.5. The standard InChI is InChI=1S/C20H23N3O2/c1-3-25-20-7-5-4-6-16(20)17(13-21)19-12-18(22-23-19)14-8-10-15(24-2)11-9-14/h4-12,17H,3,13,21H2,1-2H3,(H,22,23). The molecule has 0 amide bonds. The summed E-state index contributed by atoms with van der Waals surface area (Å²) in [6, 6.07) is 17.9. The maximum absolute atomic E-state index is 6.07. The van der Waals surface area contributed by atoms with E-state index in [1.807, 2.05) is 55.5 Å². The van der Waals surface area contributed by atoms with Gasteiger partial charge in [-0.1, -0.05) is 18.2 Å². The Morgan fingerprint density at radius 2 is 1.88 bits per heavy atom. The molecule has 0 fully saturated rings. The molecular formula is C20H23N3O2. The third kappa shape index (κ3) is 3.67. The number of aromatic nitrogens is 2. The highest BCUT2D eigenvalue weighted by Gasteiger charge is 2.19. The van der Waals surface area contributed by atoms with Crippen LogP contribution in [0, 0.1) is 0 Å². The van der Waals surface area contributed by atoms with Crippen molar-refractivity contribution in [1.82, 2.24) is 10.2 Å². The molecule has 0 saturated carbocycles. The first-order valence-corrected chi connectivity index (χ1v) is 8.38. The van der Waals surface area contributed by atoms with Gasteiger partial charge >= 0.3 is 0 Å². The Kier molecular flexibility index (Phi) is 5.36. The minimum Gasteiger partial charge on any atom is -0.497 e. The molecule has 130 valence electrons. The average molecular weight is 337 g/mol. The van der Waals surface area contributed by atoms with E-state index in [9.17, 15) is 0 Å². The molecule has 0 spiro atoms. The number of benzene rings is 2. The fraction of sp³-hybridized carbons (Fsp3) is 0.250. The van der Waals surface area contributed by atoms with Crippen LogP contribution < -0.4 is 15.2 Å². The van der Waals surface area contributed by atoms with Crippen LogP contribution in [0.15, 0.2) is 54.6 Å². The molecule has 1 aromatic heterocycles. The van der Waals surface area contributed by atoms with Gasteiger partial charge in [0.05, 0.1) is 19.4 Å². The summed E-state index contributed by atoms with van der Waals surface area (Å²) in [5.74, 6) is 1.69. The van der Waals surface area contributed by atoms with Crippen molar-refractivity contribution < 1.29 is 9.47 Å². The lowest BCUT2D eigenvalue weighted by Gasteiger charge is -2.17. The first-order valence-electron chi connectivity index (χ1n) is 8.38. The van der Waals surface area contributed by atoms with Crippen molar-refractivity contribution in [3.05, 3.63) is 65.9 Å². The predicted molar refractivity (Wildman–Crippen MR) is 99.1 cm³/mol. The van der Waals surface area contributed by atoms with Gasteiger partial charge in [-0.25, -0.2) is 0 Å². The van der Waals surface area contributed by atoms with E-state index in [0.717, 1.165) is 34.0 Å². The third-order valence-electron chi connectivity index (χ3n) is 4.19. The fourth-order valence-corrected chi connectivity index (χ4v) is 2.90. The number of methoxy groups -OCH3 is 1. The van der Waals surface area contributed by atoms with Crippen molar-refractivity contribution in [1.29, 1.82) is 0 Å². The SMILES string of the molecule is CCOc1ccccc1C(CN)c1cc(-c2ccc(OC)cc2)n[nH]1. The van der Waals surface area contributed by atoms with Gasteiger partial charge in [0.15, 0.2) is 0 Å². The van der Waals surface area contributed by atoms with Crippen molar-refractivity contribution >= 4 is 0 Å². The van der Waals surface area contributed by atoms with E-state index in [-0.39, 0.29) is 5.92 Å². The van der Waals surface area contributed by atoms with Crippen molar-refractivity contribution in [3.8, 4) is 22.8 Å². The van der Waals surface area contributed by atoms with E-state index in [1.54, 1.807) is 7.11 Å². The second kappa shape index (κ2) is 7.85. The van der Waals surface area contributed by atoms with Crippen LogP contribution in [-0.4, -0.2) is 30.5 Å². The van der Waals surface area contributed by atoms with Crippen LogP contribution >= 0.6 is 0 Å². The highest BCUT2D eigenvalue weighted by Crippen LogP contribution is 2.32. The van der Waals surface area contributed by atoms with Gasteiger partial charge in [0.2, 0.25) is 0 Å². The van der Waals surface area contributed by atoms with E-state index in [1.165, 1.54) is 0 Å². The summed E-state index contributed by atoms with van der Waals surface area (Å²) >= 11 is 0. The predicted octanol–water partition coefficient (Wildman–Crippen LogP) is 3.57. The molecular weight excluding hydrogens is 314 g/mol. The first-order chi connectivity index (χ1) is 12.3. The second-order valence-electron chi connectivity index (χ2n) is 5.70. The summed E-state index contributed by atoms with van der Waals surface area (Å²) in [4.78, 5) is 0. The monoisotopic (exact) mass is 337 g/mol. The number of hydrogen-bond donors (Lipinski definition) is 2. The lowest BCUT2D eigenvalue weighted by atomic mass is 9.94. The van der Waals surface area contributed by atoms with E-state index in [4.69, 9.17) is 15.2 Å². The van der Waals surface area contributed by atoms with Crippen molar-refractivity contribution in [2.45, 2.75) is 12.8 Å². The molecule has 0 aliphatic carbocycles. The van der Waals surface area contributed by atoms with Gasteiger partial charge < -0.3 is 15.2 Å². The molecule has 5 heteroatoms. The summed E-state index contributed by atoms with van der Waals surface area (Å²) in [7, 11) is 1.66. The normalized spacial score (nSPS) is 12.0. The van der Waals surface area contributed by atoms with Gasteiger partial charge in [0, 0.05) is 29.3 Å². The lowest BCUT2D eigenvalue weighted by Crippen LogP contribution is -2.15. The highest BCUT2D eigenvalue weighted by atomic mass is 16.5. The topological polar surface area (TPSA) is 73.2 Å².